The van der Waals surface area contributed by atoms with Gasteiger partial charge in [0.15, 0.2) is 0 Å². The predicted octanol–water partition coefficient (Wildman–Crippen LogP) is 2.35. The number of amides is 1. The molecule has 1 aromatic carbocycles. The van der Waals surface area contributed by atoms with E-state index in [1.807, 2.05) is 36.9 Å². The molecular weight excluding hydrogens is 252 g/mol. The second kappa shape index (κ2) is 5.83. The topological polar surface area (TPSA) is 55.6 Å². The average molecular weight is 276 g/mol. The van der Waals surface area contributed by atoms with Gasteiger partial charge in [-0.2, -0.15) is 0 Å². The molecule has 0 radical (unpaired) electrons. The Balaban J connectivity index is 2.35. The van der Waals surface area contributed by atoms with Crippen molar-refractivity contribution < 1.29 is 9.53 Å². The number of nitrogens with zero attached hydrogens (tertiary/aromatic N) is 1. The van der Waals surface area contributed by atoms with Crippen LogP contribution in [0.1, 0.15) is 32.3 Å². The number of methoxy groups -OCH3 is 1. The van der Waals surface area contributed by atoms with Gasteiger partial charge in [-0.1, -0.05) is 6.92 Å². The van der Waals surface area contributed by atoms with Crippen LogP contribution in [0.5, 0.6) is 5.75 Å². The largest absolute Gasteiger partial charge is 0.497 e. The highest BCUT2D eigenvalue weighted by Crippen LogP contribution is 2.34. The van der Waals surface area contributed by atoms with Crippen LogP contribution in [0.2, 0.25) is 0 Å². The Kier molecular flexibility index (Phi) is 4.33. The van der Waals surface area contributed by atoms with Crippen molar-refractivity contribution in [3.8, 4) is 5.75 Å². The molecule has 1 aromatic rings. The zero-order valence-electron chi connectivity index (χ0n) is 12.6. The van der Waals surface area contributed by atoms with Crippen LogP contribution in [0.3, 0.4) is 0 Å². The third-order valence-electron chi connectivity index (χ3n) is 4.40. The van der Waals surface area contributed by atoms with E-state index in [1.54, 1.807) is 7.11 Å². The highest BCUT2D eigenvalue weighted by atomic mass is 16.5. The molecule has 1 amide bonds. The van der Waals surface area contributed by atoms with E-state index in [0.717, 1.165) is 37.2 Å². The summed E-state index contributed by atoms with van der Waals surface area (Å²) in [5, 5.41) is 0. The maximum Gasteiger partial charge on any atom is 0.234 e. The molecule has 0 saturated heterocycles. The minimum atomic E-state index is -0.478. The minimum Gasteiger partial charge on any atom is -0.497 e. The lowest BCUT2D eigenvalue weighted by atomic mass is 9.85. The van der Waals surface area contributed by atoms with Gasteiger partial charge in [-0.3, -0.25) is 4.79 Å². The van der Waals surface area contributed by atoms with Gasteiger partial charge in [0.05, 0.1) is 12.5 Å². The van der Waals surface area contributed by atoms with Crippen molar-refractivity contribution in [2.75, 3.05) is 25.1 Å². The fourth-order valence-corrected chi connectivity index (χ4v) is 2.62. The van der Waals surface area contributed by atoms with Gasteiger partial charge in [0, 0.05) is 18.8 Å². The van der Waals surface area contributed by atoms with Crippen molar-refractivity contribution in [2.45, 2.75) is 33.1 Å². The van der Waals surface area contributed by atoms with Crippen molar-refractivity contribution in [3.05, 3.63) is 23.8 Å². The lowest BCUT2D eigenvalue weighted by molar-refractivity contribution is -0.127. The van der Waals surface area contributed by atoms with E-state index < -0.39 is 5.41 Å². The molecule has 110 valence electrons. The molecule has 2 N–H and O–H groups in total. The first kappa shape index (κ1) is 14.9. The van der Waals surface area contributed by atoms with Gasteiger partial charge >= 0.3 is 0 Å². The summed E-state index contributed by atoms with van der Waals surface area (Å²) < 4.78 is 5.26. The summed E-state index contributed by atoms with van der Waals surface area (Å²) in [5.74, 6) is 0.976. The molecule has 1 unspecified atom stereocenters. The standard InChI is InChI=1S/C16H24N2O2/c1-4-16(2,11-17)15(19)18-9-5-6-12-10-13(20-3)7-8-14(12)18/h7-8,10H,4-6,9,11,17H2,1-3H3. The summed E-state index contributed by atoms with van der Waals surface area (Å²) in [6.07, 6.45) is 2.72. The van der Waals surface area contributed by atoms with Gasteiger partial charge in [-0.15, -0.1) is 0 Å². The summed E-state index contributed by atoms with van der Waals surface area (Å²) in [4.78, 5) is 14.7. The summed E-state index contributed by atoms with van der Waals surface area (Å²) in [6.45, 7) is 5.12. The quantitative estimate of drug-likeness (QED) is 0.918. The molecule has 0 spiro atoms. The molecule has 1 aliphatic heterocycles. The van der Waals surface area contributed by atoms with E-state index in [2.05, 4.69) is 0 Å². The number of anilines is 1. The molecule has 0 fully saturated rings. The van der Waals surface area contributed by atoms with Gasteiger partial charge in [-0.25, -0.2) is 0 Å². The average Bonchev–Trinajstić information content (AvgIpc) is 2.52. The van der Waals surface area contributed by atoms with Gasteiger partial charge in [0.1, 0.15) is 5.75 Å². The minimum absolute atomic E-state index is 0.133. The first-order chi connectivity index (χ1) is 9.55. The summed E-state index contributed by atoms with van der Waals surface area (Å²) in [7, 11) is 1.66. The molecule has 2 rings (SSSR count). The van der Waals surface area contributed by atoms with E-state index in [1.165, 1.54) is 5.56 Å². The van der Waals surface area contributed by atoms with Crippen LogP contribution in [0, 0.1) is 5.41 Å². The number of hydrogen-bond donors (Lipinski definition) is 1. The number of aryl methyl sites for hydroxylation is 1. The van der Waals surface area contributed by atoms with Crippen molar-refractivity contribution in [1.82, 2.24) is 0 Å². The number of benzene rings is 1. The third-order valence-corrected chi connectivity index (χ3v) is 4.40. The fraction of sp³-hybridized carbons (Fsp3) is 0.562. The molecule has 4 nitrogen and oxygen atoms in total. The molecule has 0 aliphatic carbocycles. The van der Waals surface area contributed by atoms with E-state index in [-0.39, 0.29) is 5.91 Å². The highest BCUT2D eigenvalue weighted by Gasteiger charge is 2.36. The first-order valence-electron chi connectivity index (χ1n) is 7.24. The molecule has 4 heteroatoms. The molecule has 20 heavy (non-hydrogen) atoms. The number of rotatable bonds is 4. The zero-order chi connectivity index (χ0) is 14.8. The predicted molar refractivity (Wildman–Crippen MR) is 81.1 cm³/mol. The van der Waals surface area contributed by atoms with Crippen LogP contribution in [0.4, 0.5) is 5.69 Å². The number of ether oxygens (including phenoxy) is 1. The number of nitrogens with two attached hydrogens (primary N) is 1. The van der Waals surface area contributed by atoms with Crippen molar-refractivity contribution in [2.24, 2.45) is 11.1 Å². The Morgan fingerprint density at radius 3 is 2.85 bits per heavy atom. The number of carbonyl (C=O) groups is 1. The summed E-state index contributed by atoms with van der Waals surface area (Å²) in [6, 6.07) is 5.93. The van der Waals surface area contributed by atoms with Crippen LogP contribution in [-0.4, -0.2) is 26.1 Å². The second-order valence-electron chi connectivity index (χ2n) is 5.67. The number of fused-ring (bicyclic) bond motifs is 1. The van der Waals surface area contributed by atoms with Crippen LogP contribution >= 0.6 is 0 Å². The van der Waals surface area contributed by atoms with Crippen molar-refractivity contribution in [3.63, 3.8) is 0 Å². The smallest absolute Gasteiger partial charge is 0.234 e. The number of carbonyl (C=O) groups excluding carboxylic acids is 1. The lowest BCUT2D eigenvalue weighted by Crippen LogP contribution is -2.48. The Morgan fingerprint density at radius 2 is 2.25 bits per heavy atom. The third kappa shape index (κ3) is 2.52. The molecule has 0 saturated carbocycles. The van der Waals surface area contributed by atoms with Crippen molar-refractivity contribution in [1.29, 1.82) is 0 Å². The van der Waals surface area contributed by atoms with Crippen LogP contribution in [0.25, 0.3) is 0 Å². The molecule has 1 heterocycles. The maximum atomic E-state index is 12.8. The summed E-state index contributed by atoms with van der Waals surface area (Å²) in [5.41, 5.74) is 7.54. The first-order valence-corrected chi connectivity index (χ1v) is 7.24. The highest BCUT2D eigenvalue weighted by molar-refractivity contribution is 5.98. The monoisotopic (exact) mass is 276 g/mol. The normalized spacial score (nSPS) is 17.3. The van der Waals surface area contributed by atoms with Crippen LogP contribution in [0.15, 0.2) is 18.2 Å². The fourth-order valence-electron chi connectivity index (χ4n) is 2.62. The Labute approximate surface area is 120 Å². The van der Waals surface area contributed by atoms with Crippen molar-refractivity contribution >= 4 is 11.6 Å². The van der Waals surface area contributed by atoms with E-state index >= 15 is 0 Å². The van der Waals surface area contributed by atoms with E-state index in [4.69, 9.17) is 10.5 Å². The van der Waals surface area contributed by atoms with Gasteiger partial charge in [-0.05, 0) is 49.9 Å². The Bertz CT molecular complexity index is 495. The second-order valence-corrected chi connectivity index (χ2v) is 5.67. The molecular formula is C16H24N2O2. The Morgan fingerprint density at radius 1 is 1.50 bits per heavy atom. The van der Waals surface area contributed by atoms with E-state index in [9.17, 15) is 4.79 Å². The lowest BCUT2D eigenvalue weighted by Gasteiger charge is -2.36. The SMILES string of the molecule is CCC(C)(CN)C(=O)N1CCCc2cc(OC)ccc21. The molecule has 1 atom stereocenters. The molecule has 1 aliphatic rings. The maximum absolute atomic E-state index is 12.8. The zero-order valence-corrected chi connectivity index (χ0v) is 12.6. The van der Waals surface area contributed by atoms with Gasteiger partial charge < -0.3 is 15.4 Å². The molecule has 0 bridgehead atoms. The number of hydrogen-bond acceptors (Lipinski definition) is 3. The van der Waals surface area contributed by atoms with Gasteiger partial charge in [0.2, 0.25) is 5.91 Å². The van der Waals surface area contributed by atoms with E-state index in [0.29, 0.717) is 6.54 Å². The molecule has 0 aromatic heterocycles. The van der Waals surface area contributed by atoms with Gasteiger partial charge in [0.25, 0.3) is 0 Å². The van der Waals surface area contributed by atoms with Crippen LogP contribution < -0.4 is 15.4 Å². The summed E-state index contributed by atoms with van der Waals surface area (Å²) >= 11 is 0. The Hall–Kier alpha value is -1.55. The van der Waals surface area contributed by atoms with Crippen LogP contribution in [-0.2, 0) is 11.2 Å².